The highest BCUT2D eigenvalue weighted by atomic mass is 35.5. The first-order chi connectivity index (χ1) is 15.0. The molecule has 156 valence electrons. The third-order valence-corrected chi connectivity index (χ3v) is 5.94. The predicted octanol–water partition coefficient (Wildman–Crippen LogP) is 3.23. The van der Waals surface area contributed by atoms with Crippen molar-refractivity contribution in [3.05, 3.63) is 79.8 Å². The summed E-state index contributed by atoms with van der Waals surface area (Å²) in [6.07, 6.45) is 0. The molecule has 0 saturated carbocycles. The number of fused-ring (bicyclic) bond motifs is 2. The fraction of sp³-hybridized carbons (Fsp3) is 0.0952. The molecule has 0 fully saturated rings. The molecule has 0 radical (unpaired) electrons. The number of carbonyl (C=O) groups is 1. The first kappa shape index (κ1) is 19.4. The zero-order valence-corrected chi connectivity index (χ0v) is 17.4. The molecule has 3 heterocycles. The lowest BCUT2D eigenvalue weighted by Crippen LogP contribution is -2.40. The van der Waals surface area contributed by atoms with Crippen LogP contribution in [0.15, 0.2) is 63.5 Å². The minimum Gasteiger partial charge on any atom is -0.454 e. The van der Waals surface area contributed by atoms with E-state index in [-0.39, 0.29) is 13.3 Å². The Bertz CT molecular complexity index is 1440. The zero-order chi connectivity index (χ0) is 21.5. The van der Waals surface area contributed by atoms with Gasteiger partial charge in [-0.3, -0.25) is 14.2 Å². The van der Waals surface area contributed by atoms with E-state index in [2.05, 4.69) is 5.32 Å². The van der Waals surface area contributed by atoms with Crippen molar-refractivity contribution in [3.63, 3.8) is 0 Å². The second kappa shape index (κ2) is 7.60. The number of anilines is 1. The summed E-state index contributed by atoms with van der Waals surface area (Å²) in [5.74, 6) is 0.713. The van der Waals surface area contributed by atoms with Crippen molar-refractivity contribution in [3.8, 4) is 17.2 Å². The largest absolute Gasteiger partial charge is 0.454 e. The Hall–Kier alpha value is -3.56. The standard InChI is InChI=1S/C21H14ClN3O5S/c22-12-1-4-14(5-2-12)25-20(27)19-15(7-8-31-19)24(21(25)28)10-18(26)23-13-3-6-16-17(9-13)30-11-29-16/h1-9H,10-11H2,(H,23,26). The third kappa shape index (κ3) is 3.47. The summed E-state index contributed by atoms with van der Waals surface area (Å²) in [6.45, 7) is -0.140. The molecule has 1 N–H and O–H groups in total. The number of rotatable bonds is 4. The van der Waals surface area contributed by atoms with Crippen LogP contribution in [0.3, 0.4) is 0 Å². The number of benzene rings is 2. The normalized spacial score (nSPS) is 12.3. The SMILES string of the molecule is O=C(Cn1c(=O)n(-c2ccc(Cl)cc2)c(=O)c2sccc21)Nc1ccc2c(c1)OCO2. The summed E-state index contributed by atoms with van der Waals surface area (Å²) in [6, 6.07) is 13.0. The number of thiophene rings is 1. The molecule has 31 heavy (non-hydrogen) atoms. The second-order valence-electron chi connectivity index (χ2n) is 6.74. The Kier molecular flexibility index (Phi) is 4.76. The molecule has 0 saturated heterocycles. The number of nitrogens with zero attached hydrogens (tertiary/aromatic N) is 2. The van der Waals surface area contributed by atoms with E-state index in [4.69, 9.17) is 21.1 Å². The van der Waals surface area contributed by atoms with Crippen molar-refractivity contribution >= 4 is 44.7 Å². The highest BCUT2D eigenvalue weighted by Gasteiger charge is 2.19. The lowest BCUT2D eigenvalue weighted by Gasteiger charge is -2.13. The van der Waals surface area contributed by atoms with Crippen LogP contribution < -0.4 is 26.0 Å². The van der Waals surface area contributed by atoms with Crippen LogP contribution in [0, 0.1) is 0 Å². The van der Waals surface area contributed by atoms with Crippen LogP contribution in [0.1, 0.15) is 0 Å². The van der Waals surface area contributed by atoms with Gasteiger partial charge >= 0.3 is 5.69 Å². The molecule has 1 aliphatic rings. The number of ether oxygens (including phenoxy) is 2. The van der Waals surface area contributed by atoms with Crippen molar-refractivity contribution < 1.29 is 14.3 Å². The van der Waals surface area contributed by atoms with Gasteiger partial charge in [0.2, 0.25) is 12.7 Å². The van der Waals surface area contributed by atoms with Gasteiger partial charge in [0.15, 0.2) is 11.5 Å². The molecular formula is C21H14ClN3O5S. The number of hydrogen-bond acceptors (Lipinski definition) is 6. The first-order valence-corrected chi connectivity index (χ1v) is 10.5. The quantitative estimate of drug-likeness (QED) is 0.510. The number of carbonyl (C=O) groups excluding carboxylic acids is 1. The molecule has 0 spiro atoms. The first-order valence-electron chi connectivity index (χ1n) is 9.20. The van der Waals surface area contributed by atoms with Crippen molar-refractivity contribution in [1.29, 1.82) is 0 Å². The smallest absolute Gasteiger partial charge is 0.336 e. The summed E-state index contributed by atoms with van der Waals surface area (Å²) in [7, 11) is 0. The van der Waals surface area contributed by atoms with Gasteiger partial charge in [0.25, 0.3) is 5.56 Å². The fourth-order valence-corrected chi connectivity index (χ4v) is 4.33. The Morgan fingerprint density at radius 2 is 1.84 bits per heavy atom. The van der Waals surface area contributed by atoms with E-state index >= 15 is 0 Å². The van der Waals surface area contributed by atoms with Gasteiger partial charge in [-0.1, -0.05) is 11.6 Å². The van der Waals surface area contributed by atoms with E-state index in [1.165, 1.54) is 15.9 Å². The Morgan fingerprint density at radius 3 is 2.65 bits per heavy atom. The van der Waals surface area contributed by atoms with E-state index in [0.29, 0.717) is 38.1 Å². The highest BCUT2D eigenvalue weighted by molar-refractivity contribution is 7.17. The minimum absolute atomic E-state index is 0.129. The molecule has 2 aromatic carbocycles. The van der Waals surface area contributed by atoms with Crippen LogP contribution in [-0.4, -0.2) is 21.8 Å². The topological polar surface area (TPSA) is 91.6 Å². The molecule has 1 aliphatic heterocycles. The maximum atomic E-state index is 13.2. The molecule has 2 aromatic heterocycles. The Labute approximate surface area is 183 Å². The zero-order valence-electron chi connectivity index (χ0n) is 15.8. The van der Waals surface area contributed by atoms with Crippen LogP contribution in [0.2, 0.25) is 5.02 Å². The van der Waals surface area contributed by atoms with Gasteiger partial charge in [-0.25, -0.2) is 9.36 Å². The summed E-state index contributed by atoms with van der Waals surface area (Å²) < 4.78 is 13.3. The fourth-order valence-electron chi connectivity index (χ4n) is 3.38. The average molecular weight is 456 g/mol. The van der Waals surface area contributed by atoms with Crippen molar-refractivity contribution in [2.75, 3.05) is 12.1 Å². The molecule has 8 nitrogen and oxygen atoms in total. The monoisotopic (exact) mass is 455 g/mol. The molecule has 5 rings (SSSR count). The Morgan fingerprint density at radius 1 is 1.06 bits per heavy atom. The lowest BCUT2D eigenvalue weighted by molar-refractivity contribution is -0.116. The summed E-state index contributed by atoms with van der Waals surface area (Å²) >= 11 is 7.14. The molecule has 1 amide bonds. The van der Waals surface area contributed by atoms with Gasteiger partial charge < -0.3 is 14.8 Å². The van der Waals surface area contributed by atoms with Crippen LogP contribution >= 0.6 is 22.9 Å². The lowest BCUT2D eigenvalue weighted by atomic mass is 10.2. The van der Waals surface area contributed by atoms with Crippen molar-refractivity contribution in [1.82, 2.24) is 9.13 Å². The van der Waals surface area contributed by atoms with E-state index in [0.717, 1.165) is 4.57 Å². The number of nitrogens with one attached hydrogen (secondary N) is 1. The van der Waals surface area contributed by atoms with E-state index in [1.807, 2.05) is 0 Å². The average Bonchev–Trinajstić information content (AvgIpc) is 3.42. The van der Waals surface area contributed by atoms with Gasteiger partial charge in [-0.2, -0.15) is 0 Å². The van der Waals surface area contributed by atoms with Crippen molar-refractivity contribution in [2.45, 2.75) is 6.54 Å². The number of halogens is 1. The van der Waals surface area contributed by atoms with Crippen LogP contribution in [0.4, 0.5) is 5.69 Å². The van der Waals surface area contributed by atoms with Gasteiger partial charge in [0, 0.05) is 16.8 Å². The maximum Gasteiger partial charge on any atom is 0.336 e. The molecule has 4 aromatic rings. The molecule has 0 unspecified atom stereocenters. The van der Waals surface area contributed by atoms with Crippen LogP contribution in [0.25, 0.3) is 15.9 Å². The van der Waals surface area contributed by atoms with Gasteiger partial charge in [0.1, 0.15) is 11.2 Å². The van der Waals surface area contributed by atoms with Gasteiger partial charge in [-0.05, 0) is 47.8 Å². The molecular weight excluding hydrogens is 442 g/mol. The van der Waals surface area contributed by atoms with Gasteiger partial charge in [0.05, 0.1) is 11.2 Å². The summed E-state index contributed by atoms with van der Waals surface area (Å²) in [5.41, 5.74) is 0.240. The minimum atomic E-state index is -0.612. The van der Waals surface area contributed by atoms with Crippen LogP contribution in [0.5, 0.6) is 11.5 Å². The molecule has 10 heteroatoms. The predicted molar refractivity (Wildman–Crippen MR) is 118 cm³/mol. The van der Waals surface area contributed by atoms with E-state index < -0.39 is 17.2 Å². The molecule has 0 atom stereocenters. The van der Waals surface area contributed by atoms with Gasteiger partial charge in [-0.15, -0.1) is 11.3 Å². The number of amides is 1. The summed E-state index contributed by atoms with van der Waals surface area (Å²) in [4.78, 5) is 38.9. The van der Waals surface area contributed by atoms with E-state index in [1.54, 1.807) is 53.9 Å². The number of aromatic nitrogens is 2. The third-order valence-electron chi connectivity index (χ3n) is 4.80. The number of hydrogen-bond donors (Lipinski definition) is 1. The van der Waals surface area contributed by atoms with E-state index in [9.17, 15) is 14.4 Å². The maximum absolute atomic E-state index is 13.2. The Balaban J connectivity index is 1.53. The van der Waals surface area contributed by atoms with Crippen molar-refractivity contribution in [2.24, 2.45) is 0 Å². The highest BCUT2D eigenvalue weighted by Crippen LogP contribution is 2.34. The van der Waals surface area contributed by atoms with Crippen LogP contribution in [-0.2, 0) is 11.3 Å². The molecule has 0 bridgehead atoms. The molecule has 0 aliphatic carbocycles. The second-order valence-corrected chi connectivity index (χ2v) is 8.09. The summed E-state index contributed by atoms with van der Waals surface area (Å²) in [5, 5.41) is 4.95.